The van der Waals surface area contributed by atoms with Crippen LogP contribution < -0.4 is 16.4 Å². The number of anilines is 4. The lowest BCUT2D eigenvalue weighted by Gasteiger charge is -2.08. The number of aromatic nitrogens is 3. The Kier molecular flexibility index (Phi) is 5.45. The van der Waals surface area contributed by atoms with Crippen LogP contribution in [0.2, 0.25) is 5.02 Å². The number of pyridine rings is 1. The Labute approximate surface area is 198 Å². The Bertz CT molecular complexity index is 1470. The number of hydrogen-bond acceptors (Lipinski definition) is 6. The Morgan fingerprint density at radius 3 is 2.67 bits per heavy atom. The Hall–Kier alpha value is -3.88. The molecule has 2 aromatic carbocycles. The van der Waals surface area contributed by atoms with E-state index in [0.717, 1.165) is 32.7 Å². The number of imidazole rings is 1. The van der Waals surface area contributed by atoms with Crippen molar-refractivity contribution in [3.8, 4) is 10.6 Å². The van der Waals surface area contributed by atoms with Gasteiger partial charge in [-0.15, -0.1) is 0 Å². The summed E-state index contributed by atoms with van der Waals surface area (Å²) >= 11 is 7.80. The molecule has 0 aliphatic carbocycles. The van der Waals surface area contributed by atoms with Gasteiger partial charge in [0.2, 0.25) is 0 Å². The highest BCUT2D eigenvalue weighted by Crippen LogP contribution is 2.34. The second-order valence-electron chi connectivity index (χ2n) is 7.37. The number of nitrogens with zero attached hydrogens (tertiary/aromatic N) is 3. The Balaban J connectivity index is 1.32. The smallest absolute Gasteiger partial charge is 0.255 e. The molecular weight excluding hydrogens is 456 g/mol. The number of rotatable bonds is 5. The number of aryl methyl sites for hydroxylation is 1. The third-order valence-corrected chi connectivity index (χ3v) is 6.34. The highest BCUT2D eigenvalue weighted by atomic mass is 35.5. The second-order valence-corrected chi connectivity index (χ2v) is 8.81. The maximum absolute atomic E-state index is 12.5. The van der Waals surface area contributed by atoms with Crippen molar-refractivity contribution in [2.75, 3.05) is 16.4 Å². The summed E-state index contributed by atoms with van der Waals surface area (Å²) in [5.74, 6) is -0.224. The summed E-state index contributed by atoms with van der Waals surface area (Å²) in [5.41, 5.74) is 10.9. The molecule has 5 aromatic rings. The van der Waals surface area contributed by atoms with Crippen molar-refractivity contribution < 1.29 is 4.79 Å². The van der Waals surface area contributed by atoms with Crippen LogP contribution in [-0.4, -0.2) is 20.3 Å². The molecule has 0 aliphatic heterocycles. The van der Waals surface area contributed by atoms with E-state index in [4.69, 9.17) is 17.3 Å². The minimum Gasteiger partial charge on any atom is -0.397 e. The van der Waals surface area contributed by atoms with Gasteiger partial charge in [0.15, 0.2) is 10.8 Å². The van der Waals surface area contributed by atoms with Gasteiger partial charge in [0.05, 0.1) is 32.7 Å². The lowest BCUT2D eigenvalue weighted by atomic mass is 10.2. The van der Waals surface area contributed by atoms with Gasteiger partial charge in [0, 0.05) is 23.6 Å². The van der Waals surface area contributed by atoms with Gasteiger partial charge in [-0.2, -0.15) is 0 Å². The van der Waals surface area contributed by atoms with Crippen LogP contribution in [0.1, 0.15) is 16.1 Å². The summed E-state index contributed by atoms with van der Waals surface area (Å²) in [6.45, 7) is 1.96. The number of nitrogens with two attached hydrogens (primary N) is 1. The monoisotopic (exact) mass is 474 g/mol. The van der Waals surface area contributed by atoms with Gasteiger partial charge < -0.3 is 16.4 Å². The summed E-state index contributed by atoms with van der Waals surface area (Å²) in [6, 6.07) is 18.1. The summed E-state index contributed by atoms with van der Waals surface area (Å²) in [6.07, 6.45) is 3.76. The van der Waals surface area contributed by atoms with Crippen molar-refractivity contribution in [1.29, 1.82) is 0 Å². The molecule has 7 nitrogen and oxygen atoms in total. The molecule has 5 rings (SSSR count). The average Bonchev–Trinajstić information content (AvgIpc) is 3.39. The topological polar surface area (TPSA) is 97.3 Å². The SMILES string of the molecule is Cc1nc2c(Cl)cccn2c1-c1cnc(Nc2ccc(C(=O)Nc3ccccc3N)cc2)s1. The molecular formula is C24H19ClN6OS. The fraction of sp³-hybridized carbons (Fsp3) is 0.0417. The van der Waals surface area contributed by atoms with Crippen molar-refractivity contribution >= 4 is 56.7 Å². The first-order valence-corrected chi connectivity index (χ1v) is 11.3. The average molecular weight is 475 g/mol. The summed E-state index contributed by atoms with van der Waals surface area (Å²) < 4.78 is 1.97. The molecule has 0 fully saturated rings. The predicted molar refractivity (Wildman–Crippen MR) is 135 cm³/mol. The molecule has 33 heavy (non-hydrogen) atoms. The highest BCUT2D eigenvalue weighted by Gasteiger charge is 2.16. The van der Waals surface area contributed by atoms with Crippen LogP contribution in [0.5, 0.6) is 0 Å². The van der Waals surface area contributed by atoms with Gasteiger partial charge in [-0.3, -0.25) is 9.20 Å². The van der Waals surface area contributed by atoms with Gasteiger partial charge in [0.25, 0.3) is 5.91 Å². The standard InChI is InChI=1S/C24H19ClN6OS/c1-14-21(31-12-4-5-17(25)22(31)28-14)20-13-27-24(33-20)29-16-10-8-15(9-11-16)23(32)30-19-7-3-2-6-18(19)26/h2-13H,26H2,1H3,(H,27,29)(H,30,32). The number of para-hydroxylation sites is 2. The number of nitrogens with one attached hydrogen (secondary N) is 2. The number of halogens is 1. The normalized spacial score (nSPS) is 11.0. The third kappa shape index (κ3) is 4.13. The summed E-state index contributed by atoms with van der Waals surface area (Å²) in [5, 5.41) is 7.45. The molecule has 0 bridgehead atoms. The zero-order valence-corrected chi connectivity index (χ0v) is 19.1. The fourth-order valence-corrected chi connectivity index (χ4v) is 4.66. The van der Waals surface area contributed by atoms with Gasteiger partial charge in [0.1, 0.15) is 0 Å². The van der Waals surface area contributed by atoms with E-state index in [1.807, 2.05) is 60.1 Å². The molecule has 0 aliphatic rings. The molecule has 0 unspecified atom stereocenters. The molecule has 0 atom stereocenters. The van der Waals surface area contributed by atoms with Crippen LogP contribution in [0.25, 0.3) is 16.2 Å². The number of amides is 1. The van der Waals surface area contributed by atoms with E-state index in [9.17, 15) is 4.79 Å². The van der Waals surface area contributed by atoms with E-state index in [2.05, 4.69) is 20.6 Å². The first kappa shape index (κ1) is 21.0. The van der Waals surface area contributed by atoms with E-state index < -0.39 is 0 Å². The van der Waals surface area contributed by atoms with Crippen molar-refractivity contribution in [3.05, 3.63) is 89.3 Å². The van der Waals surface area contributed by atoms with Crippen molar-refractivity contribution in [2.24, 2.45) is 0 Å². The fourth-order valence-electron chi connectivity index (χ4n) is 3.52. The van der Waals surface area contributed by atoms with Crippen LogP contribution in [-0.2, 0) is 0 Å². The van der Waals surface area contributed by atoms with E-state index in [1.165, 1.54) is 11.3 Å². The van der Waals surface area contributed by atoms with Crippen LogP contribution in [0.4, 0.5) is 22.2 Å². The number of carbonyl (C=O) groups is 1. The molecule has 0 spiro atoms. The molecule has 0 saturated heterocycles. The quantitative estimate of drug-likeness (QED) is 0.271. The second kappa shape index (κ2) is 8.57. The van der Waals surface area contributed by atoms with Crippen molar-refractivity contribution in [1.82, 2.24) is 14.4 Å². The lowest BCUT2D eigenvalue weighted by molar-refractivity contribution is 0.102. The number of hydrogen-bond donors (Lipinski definition) is 3. The third-order valence-electron chi connectivity index (χ3n) is 5.12. The van der Waals surface area contributed by atoms with Crippen LogP contribution >= 0.6 is 22.9 Å². The Morgan fingerprint density at radius 2 is 1.88 bits per heavy atom. The largest absolute Gasteiger partial charge is 0.397 e. The lowest BCUT2D eigenvalue weighted by Crippen LogP contribution is -2.13. The number of fused-ring (bicyclic) bond motifs is 1. The molecule has 0 saturated carbocycles. The molecule has 9 heteroatoms. The number of nitrogen functional groups attached to an aromatic ring is 1. The van der Waals surface area contributed by atoms with E-state index in [1.54, 1.807) is 24.3 Å². The molecule has 0 radical (unpaired) electrons. The van der Waals surface area contributed by atoms with Gasteiger partial charge in [-0.25, -0.2) is 9.97 Å². The zero-order valence-electron chi connectivity index (χ0n) is 17.5. The minimum atomic E-state index is -0.224. The summed E-state index contributed by atoms with van der Waals surface area (Å²) in [7, 11) is 0. The first-order chi connectivity index (χ1) is 16.0. The van der Waals surface area contributed by atoms with E-state index >= 15 is 0 Å². The van der Waals surface area contributed by atoms with Crippen molar-refractivity contribution in [3.63, 3.8) is 0 Å². The molecule has 4 N–H and O–H groups in total. The van der Waals surface area contributed by atoms with Crippen LogP contribution in [0, 0.1) is 6.92 Å². The van der Waals surface area contributed by atoms with Gasteiger partial charge >= 0.3 is 0 Å². The van der Waals surface area contributed by atoms with Gasteiger partial charge in [-0.05, 0) is 55.5 Å². The predicted octanol–water partition coefficient (Wildman–Crippen LogP) is 6.00. The Morgan fingerprint density at radius 1 is 1.09 bits per heavy atom. The van der Waals surface area contributed by atoms with Crippen LogP contribution in [0.15, 0.2) is 73.1 Å². The molecule has 164 valence electrons. The zero-order chi connectivity index (χ0) is 22.9. The summed E-state index contributed by atoms with van der Waals surface area (Å²) in [4.78, 5) is 22.6. The first-order valence-electron chi connectivity index (χ1n) is 10.1. The van der Waals surface area contributed by atoms with Crippen LogP contribution in [0.3, 0.4) is 0 Å². The minimum absolute atomic E-state index is 0.224. The molecule has 3 aromatic heterocycles. The highest BCUT2D eigenvalue weighted by molar-refractivity contribution is 7.18. The van der Waals surface area contributed by atoms with Gasteiger partial charge in [-0.1, -0.05) is 35.1 Å². The van der Waals surface area contributed by atoms with E-state index in [0.29, 0.717) is 22.0 Å². The molecule has 1 amide bonds. The van der Waals surface area contributed by atoms with Crippen molar-refractivity contribution in [2.45, 2.75) is 6.92 Å². The number of benzene rings is 2. The number of thiazole rings is 1. The molecule has 3 heterocycles. The maximum atomic E-state index is 12.5. The van der Waals surface area contributed by atoms with E-state index in [-0.39, 0.29) is 5.91 Å². The maximum Gasteiger partial charge on any atom is 0.255 e. The number of carbonyl (C=O) groups excluding carboxylic acids is 1.